The third kappa shape index (κ3) is 4.94. The highest BCUT2D eigenvalue weighted by Gasteiger charge is 2.22. The van der Waals surface area contributed by atoms with Crippen LogP contribution < -0.4 is 15.0 Å². The molecule has 8 heteroatoms. The molecule has 4 rings (SSSR count). The first-order valence-corrected chi connectivity index (χ1v) is 10.6. The van der Waals surface area contributed by atoms with Gasteiger partial charge >= 0.3 is 0 Å². The lowest BCUT2D eigenvalue weighted by Gasteiger charge is -2.36. The summed E-state index contributed by atoms with van der Waals surface area (Å²) in [4.78, 5) is 32.1. The Morgan fingerprint density at radius 3 is 2.68 bits per heavy atom. The number of fused-ring (bicyclic) bond motifs is 1. The lowest BCUT2D eigenvalue weighted by Crippen LogP contribution is -2.51. The molecule has 0 bridgehead atoms. The van der Waals surface area contributed by atoms with Gasteiger partial charge in [-0.2, -0.15) is 0 Å². The van der Waals surface area contributed by atoms with Crippen LogP contribution in [0.1, 0.15) is 5.56 Å². The summed E-state index contributed by atoms with van der Waals surface area (Å²) >= 11 is 6.07. The van der Waals surface area contributed by atoms with Crippen LogP contribution in [0.15, 0.2) is 48.7 Å². The monoisotopic (exact) mass is 440 g/mol. The molecule has 2 heterocycles. The predicted octanol–water partition coefficient (Wildman–Crippen LogP) is 2.84. The summed E-state index contributed by atoms with van der Waals surface area (Å²) in [6.07, 6.45) is 2.02. The number of anilines is 1. The molecule has 0 saturated carbocycles. The molecule has 1 fully saturated rings. The number of aromatic amines is 1. The average Bonchev–Trinajstić information content (AvgIpc) is 3.19. The largest absolute Gasteiger partial charge is 0.497 e. The first-order chi connectivity index (χ1) is 15.0. The van der Waals surface area contributed by atoms with Crippen LogP contribution in [0.4, 0.5) is 5.69 Å². The molecule has 1 aromatic heterocycles. The molecule has 162 valence electrons. The standard InChI is InChI=1S/C23H25ClN4O3/c1-31-19-5-6-21-20(13-19)16(14-25-21)11-22(29)26-15-23(30)28-9-7-27(8-10-28)18-4-2-3-17(24)12-18/h2-6,12-14,25H,7-11,15H2,1H3,(H,26,29). The van der Waals surface area contributed by atoms with Gasteiger partial charge in [-0.05, 0) is 42.0 Å². The van der Waals surface area contributed by atoms with E-state index in [0.717, 1.165) is 41.0 Å². The van der Waals surface area contributed by atoms with Gasteiger partial charge in [0.15, 0.2) is 0 Å². The number of carbonyl (C=O) groups is 2. The Morgan fingerprint density at radius 2 is 1.94 bits per heavy atom. The Kier molecular flexibility index (Phi) is 6.32. The molecule has 2 N–H and O–H groups in total. The van der Waals surface area contributed by atoms with Gasteiger partial charge in [0.25, 0.3) is 0 Å². The maximum Gasteiger partial charge on any atom is 0.242 e. The van der Waals surface area contributed by atoms with Crippen molar-refractivity contribution in [1.82, 2.24) is 15.2 Å². The van der Waals surface area contributed by atoms with Crippen molar-refractivity contribution in [3.63, 3.8) is 0 Å². The topological polar surface area (TPSA) is 77.7 Å². The first kappa shape index (κ1) is 21.1. The maximum absolute atomic E-state index is 12.5. The minimum Gasteiger partial charge on any atom is -0.497 e. The van der Waals surface area contributed by atoms with Gasteiger partial charge in [-0.1, -0.05) is 17.7 Å². The molecule has 0 aliphatic carbocycles. The molecule has 0 unspecified atom stereocenters. The van der Waals surface area contributed by atoms with Crippen LogP contribution >= 0.6 is 11.6 Å². The van der Waals surface area contributed by atoms with E-state index in [-0.39, 0.29) is 24.8 Å². The van der Waals surface area contributed by atoms with Gasteiger partial charge in [0.2, 0.25) is 11.8 Å². The number of methoxy groups -OCH3 is 1. The third-order valence-corrected chi connectivity index (χ3v) is 5.80. The van der Waals surface area contributed by atoms with Crippen molar-refractivity contribution >= 4 is 40.0 Å². The van der Waals surface area contributed by atoms with Crippen LogP contribution in [0.25, 0.3) is 10.9 Å². The van der Waals surface area contributed by atoms with Crippen LogP contribution in [0.3, 0.4) is 0 Å². The minimum atomic E-state index is -0.186. The van der Waals surface area contributed by atoms with Gasteiger partial charge in [0.05, 0.1) is 20.1 Å². The van der Waals surface area contributed by atoms with Crippen LogP contribution in [-0.4, -0.2) is 61.5 Å². The van der Waals surface area contributed by atoms with Crippen LogP contribution in [0, 0.1) is 0 Å². The fraction of sp³-hybridized carbons (Fsp3) is 0.304. The van der Waals surface area contributed by atoms with E-state index in [1.807, 2.05) is 48.7 Å². The smallest absolute Gasteiger partial charge is 0.242 e. The highest BCUT2D eigenvalue weighted by molar-refractivity contribution is 6.30. The number of aromatic nitrogens is 1. The van der Waals surface area contributed by atoms with Crippen molar-refractivity contribution in [2.24, 2.45) is 0 Å². The van der Waals surface area contributed by atoms with Crippen molar-refractivity contribution < 1.29 is 14.3 Å². The zero-order chi connectivity index (χ0) is 21.8. The van der Waals surface area contributed by atoms with Gasteiger partial charge in [0.1, 0.15) is 5.75 Å². The summed E-state index contributed by atoms with van der Waals surface area (Å²) in [6, 6.07) is 13.4. The number of amides is 2. The molecule has 1 aliphatic rings. The molecule has 7 nitrogen and oxygen atoms in total. The summed E-state index contributed by atoms with van der Waals surface area (Å²) in [5.74, 6) is 0.482. The predicted molar refractivity (Wildman–Crippen MR) is 122 cm³/mol. The number of nitrogens with zero attached hydrogens (tertiary/aromatic N) is 2. The molecular weight excluding hydrogens is 416 g/mol. The molecule has 0 atom stereocenters. The molecular formula is C23H25ClN4O3. The van der Waals surface area contributed by atoms with E-state index >= 15 is 0 Å². The van der Waals surface area contributed by atoms with Gasteiger partial charge in [-0.15, -0.1) is 0 Å². The summed E-state index contributed by atoms with van der Waals surface area (Å²) in [5.41, 5.74) is 2.87. The second-order valence-corrected chi connectivity index (χ2v) is 7.96. The molecule has 0 spiro atoms. The minimum absolute atomic E-state index is 0.00166. The Bertz CT molecular complexity index is 1090. The number of benzene rings is 2. The highest BCUT2D eigenvalue weighted by atomic mass is 35.5. The second kappa shape index (κ2) is 9.31. The average molecular weight is 441 g/mol. The number of halogens is 1. The highest BCUT2D eigenvalue weighted by Crippen LogP contribution is 2.24. The van der Waals surface area contributed by atoms with Crippen LogP contribution in [0.2, 0.25) is 5.02 Å². The van der Waals surface area contributed by atoms with Crippen LogP contribution in [0.5, 0.6) is 5.75 Å². The third-order valence-electron chi connectivity index (χ3n) is 5.57. The van der Waals surface area contributed by atoms with E-state index in [9.17, 15) is 9.59 Å². The Balaban J connectivity index is 1.27. The van der Waals surface area contributed by atoms with E-state index in [1.165, 1.54) is 0 Å². The van der Waals surface area contributed by atoms with Crippen molar-refractivity contribution in [3.05, 3.63) is 59.2 Å². The molecule has 31 heavy (non-hydrogen) atoms. The van der Waals surface area contributed by atoms with Gasteiger partial charge in [-0.3, -0.25) is 9.59 Å². The van der Waals surface area contributed by atoms with Gasteiger partial charge in [-0.25, -0.2) is 0 Å². The molecule has 3 aromatic rings. The van der Waals surface area contributed by atoms with E-state index in [4.69, 9.17) is 16.3 Å². The number of nitrogens with one attached hydrogen (secondary N) is 2. The molecule has 2 aromatic carbocycles. The SMILES string of the molecule is COc1ccc2[nH]cc(CC(=O)NCC(=O)N3CCN(c4cccc(Cl)c4)CC3)c2c1. The number of rotatable bonds is 6. The summed E-state index contributed by atoms with van der Waals surface area (Å²) < 4.78 is 5.26. The molecule has 1 saturated heterocycles. The van der Waals surface area contributed by atoms with E-state index in [2.05, 4.69) is 15.2 Å². The summed E-state index contributed by atoms with van der Waals surface area (Å²) in [7, 11) is 1.61. The van der Waals surface area contributed by atoms with Crippen molar-refractivity contribution in [2.45, 2.75) is 6.42 Å². The fourth-order valence-corrected chi connectivity index (χ4v) is 4.02. The van der Waals surface area contributed by atoms with E-state index < -0.39 is 0 Å². The Hall–Kier alpha value is -3.19. The summed E-state index contributed by atoms with van der Waals surface area (Å²) in [6.45, 7) is 2.70. The van der Waals surface area contributed by atoms with Crippen molar-refractivity contribution in [2.75, 3.05) is 44.7 Å². The molecule has 0 radical (unpaired) electrons. The molecule has 1 aliphatic heterocycles. The fourth-order valence-electron chi connectivity index (χ4n) is 3.84. The Morgan fingerprint density at radius 1 is 1.13 bits per heavy atom. The summed E-state index contributed by atoms with van der Waals surface area (Å²) in [5, 5.41) is 4.40. The van der Waals surface area contributed by atoms with Crippen molar-refractivity contribution in [1.29, 1.82) is 0 Å². The second-order valence-electron chi connectivity index (χ2n) is 7.53. The number of hydrogen-bond acceptors (Lipinski definition) is 4. The number of H-pyrrole nitrogens is 1. The number of piperazine rings is 1. The number of hydrogen-bond donors (Lipinski definition) is 2. The zero-order valence-corrected chi connectivity index (χ0v) is 18.1. The Labute approximate surface area is 185 Å². The normalized spacial score (nSPS) is 14.0. The van der Waals surface area contributed by atoms with E-state index in [0.29, 0.717) is 18.1 Å². The number of ether oxygens (including phenoxy) is 1. The maximum atomic E-state index is 12.5. The van der Waals surface area contributed by atoms with E-state index in [1.54, 1.807) is 12.0 Å². The van der Waals surface area contributed by atoms with Gasteiger partial charge in [0, 0.05) is 54.0 Å². The lowest BCUT2D eigenvalue weighted by molar-refractivity contribution is -0.133. The zero-order valence-electron chi connectivity index (χ0n) is 17.4. The van der Waals surface area contributed by atoms with Crippen molar-refractivity contribution in [3.8, 4) is 5.75 Å². The first-order valence-electron chi connectivity index (χ1n) is 10.2. The van der Waals surface area contributed by atoms with Crippen LogP contribution in [-0.2, 0) is 16.0 Å². The molecule has 2 amide bonds. The number of carbonyl (C=O) groups excluding carboxylic acids is 2. The quantitative estimate of drug-likeness (QED) is 0.618. The lowest BCUT2D eigenvalue weighted by atomic mass is 10.1. The van der Waals surface area contributed by atoms with Gasteiger partial charge < -0.3 is 24.8 Å².